The number of nitriles is 1. The number of anilines is 1. The molecular formula is C13H10F3N5. The highest BCUT2D eigenvalue weighted by Crippen LogP contribution is 2.28. The minimum atomic E-state index is -4.49. The van der Waals surface area contributed by atoms with Crippen molar-refractivity contribution >= 4 is 5.95 Å². The van der Waals surface area contributed by atoms with Crippen molar-refractivity contribution in [2.24, 2.45) is 0 Å². The Bertz CT molecular complexity index is 686. The molecule has 5 nitrogen and oxygen atoms in total. The first kappa shape index (κ1) is 14.7. The molecule has 2 rings (SSSR count). The van der Waals surface area contributed by atoms with Crippen LogP contribution in [0.25, 0.3) is 11.3 Å². The van der Waals surface area contributed by atoms with E-state index < -0.39 is 11.9 Å². The molecule has 0 spiro atoms. The molecular weight excluding hydrogens is 283 g/mol. The monoisotopic (exact) mass is 293 g/mol. The van der Waals surface area contributed by atoms with E-state index in [9.17, 15) is 13.2 Å². The third-order valence-corrected chi connectivity index (χ3v) is 2.58. The van der Waals surface area contributed by atoms with Gasteiger partial charge in [-0.2, -0.15) is 18.4 Å². The van der Waals surface area contributed by atoms with Crippen LogP contribution < -0.4 is 4.90 Å². The van der Waals surface area contributed by atoms with Gasteiger partial charge in [0, 0.05) is 31.9 Å². The Labute approximate surface area is 118 Å². The first-order chi connectivity index (χ1) is 9.81. The molecule has 2 heterocycles. The highest BCUT2D eigenvalue weighted by molar-refractivity contribution is 5.61. The third-order valence-electron chi connectivity index (χ3n) is 2.58. The average Bonchev–Trinajstić information content (AvgIpc) is 2.46. The van der Waals surface area contributed by atoms with E-state index in [1.54, 1.807) is 19.0 Å². The van der Waals surface area contributed by atoms with E-state index in [0.29, 0.717) is 17.2 Å². The highest BCUT2D eigenvalue weighted by atomic mass is 19.4. The zero-order chi connectivity index (χ0) is 15.6. The van der Waals surface area contributed by atoms with Crippen LogP contribution in [0.2, 0.25) is 0 Å². The topological polar surface area (TPSA) is 65.7 Å². The maximum absolute atomic E-state index is 12.5. The Balaban J connectivity index is 2.47. The fraction of sp³-hybridized carbons (Fsp3) is 0.231. The minimum absolute atomic E-state index is 0.128. The van der Waals surface area contributed by atoms with Gasteiger partial charge >= 0.3 is 6.18 Å². The highest BCUT2D eigenvalue weighted by Gasteiger charge is 2.32. The molecule has 0 atom stereocenters. The quantitative estimate of drug-likeness (QED) is 0.851. The van der Waals surface area contributed by atoms with Gasteiger partial charge in [0.25, 0.3) is 0 Å². The van der Waals surface area contributed by atoms with E-state index in [-0.39, 0.29) is 5.69 Å². The Morgan fingerprint density at radius 3 is 2.38 bits per heavy atom. The van der Waals surface area contributed by atoms with Gasteiger partial charge in [-0.3, -0.25) is 4.98 Å². The molecule has 0 unspecified atom stereocenters. The van der Waals surface area contributed by atoms with Gasteiger partial charge in [0.1, 0.15) is 17.5 Å². The summed E-state index contributed by atoms with van der Waals surface area (Å²) in [6.07, 6.45) is -3.41. The van der Waals surface area contributed by atoms with Crippen LogP contribution in [0, 0.1) is 11.3 Å². The summed E-state index contributed by atoms with van der Waals surface area (Å²) in [6.45, 7) is 0. The molecule has 0 N–H and O–H groups in total. The van der Waals surface area contributed by atoms with Crippen LogP contribution in [0.3, 0.4) is 0 Å². The lowest BCUT2D eigenvalue weighted by Gasteiger charge is -2.12. The Morgan fingerprint density at radius 1 is 1.19 bits per heavy atom. The second kappa shape index (κ2) is 5.36. The molecule has 8 heteroatoms. The van der Waals surface area contributed by atoms with E-state index in [1.807, 2.05) is 6.07 Å². The maximum Gasteiger partial charge on any atom is 0.433 e. The zero-order valence-corrected chi connectivity index (χ0v) is 11.2. The Morgan fingerprint density at radius 2 is 1.90 bits per heavy atom. The molecule has 0 bridgehead atoms. The molecule has 2 aromatic rings. The van der Waals surface area contributed by atoms with E-state index >= 15 is 0 Å². The van der Waals surface area contributed by atoms with E-state index in [4.69, 9.17) is 5.26 Å². The molecule has 0 fully saturated rings. The molecule has 21 heavy (non-hydrogen) atoms. The normalized spacial score (nSPS) is 11.0. The van der Waals surface area contributed by atoms with E-state index in [1.165, 1.54) is 12.1 Å². The van der Waals surface area contributed by atoms with Gasteiger partial charge in [-0.25, -0.2) is 9.97 Å². The van der Waals surface area contributed by atoms with Gasteiger partial charge in [0.2, 0.25) is 5.95 Å². The van der Waals surface area contributed by atoms with Crippen molar-refractivity contribution in [3.8, 4) is 17.3 Å². The number of halogens is 3. The van der Waals surface area contributed by atoms with Crippen LogP contribution in [0.1, 0.15) is 11.4 Å². The summed E-state index contributed by atoms with van der Waals surface area (Å²) < 4.78 is 37.4. The number of hydrogen-bond donors (Lipinski definition) is 0. The molecule has 2 aromatic heterocycles. The van der Waals surface area contributed by atoms with Crippen LogP contribution in [0.5, 0.6) is 0 Å². The van der Waals surface area contributed by atoms with Crippen molar-refractivity contribution in [3.63, 3.8) is 0 Å². The van der Waals surface area contributed by atoms with Crippen LogP contribution >= 0.6 is 0 Å². The van der Waals surface area contributed by atoms with Crippen molar-refractivity contribution in [1.29, 1.82) is 5.26 Å². The predicted octanol–water partition coefficient (Wildman–Crippen LogP) is 2.50. The molecule has 0 aliphatic rings. The largest absolute Gasteiger partial charge is 0.433 e. The Hall–Kier alpha value is -2.69. The van der Waals surface area contributed by atoms with Gasteiger partial charge in [-0.15, -0.1) is 0 Å². The number of alkyl halides is 3. The molecule has 0 aromatic carbocycles. The first-order valence-corrected chi connectivity index (χ1v) is 5.81. The summed E-state index contributed by atoms with van der Waals surface area (Å²) >= 11 is 0. The average molecular weight is 293 g/mol. The number of aromatic nitrogens is 3. The number of nitrogens with zero attached hydrogens (tertiary/aromatic N) is 5. The smallest absolute Gasteiger partial charge is 0.347 e. The van der Waals surface area contributed by atoms with Gasteiger partial charge < -0.3 is 4.90 Å². The van der Waals surface area contributed by atoms with Crippen LogP contribution in [-0.2, 0) is 6.18 Å². The molecule has 0 saturated heterocycles. The van der Waals surface area contributed by atoms with Crippen molar-refractivity contribution in [2.45, 2.75) is 6.18 Å². The lowest BCUT2D eigenvalue weighted by Crippen LogP contribution is -2.13. The summed E-state index contributed by atoms with van der Waals surface area (Å²) in [5.74, 6) is 0.295. The van der Waals surface area contributed by atoms with Gasteiger partial charge in [-0.05, 0) is 12.1 Å². The zero-order valence-electron chi connectivity index (χ0n) is 11.2. The van der Waals surface area contributed by atoms with E-state index in [0.717, 1.165) is 12.3 Å². The summed E-state index contributed by atoms with van der Waals surface area (Å²) in [7, 11) is 3.40. The fourth-order valence-corrected chi connectivity index (χ4v) is 1.55. The van der Waals surface area contributed by atoms with Crippen molar-refractivity contribution < 1.29 is 13.2 Å². The van der Waals surface area contributed by atoms with Crippen molar-refractivity contribution in [2.75, 3.05) is 19.0 Å². The van der Waals surface area contributed by atoms with Gasteiger partial charge in [-0.1, -0.05) is 0 Å². The number of rotatable bonds is 2. The third kappa shape index (κ3) is 3.25. The van der Waals surface area contributed by atoms with Gasteiger partial charge in [0.15, 0.2) is 0 Å². The van der Waals surface area contributed by atoms with Gasteiger partial charge in [0.05, 0.1) is 5.69 Å². The standard InChI is InChI=1S/C13H10F3N5/c1-21(2)12-19-9(6-17)5-10(20-12)8-3-4-11(18-7-8)13(14,15)16/h3-5,7H,1-2H3. The Kier molecular flexibility index (Phi) is 3.76. The lowest BCUT2D eigenvalue weighted by atomic mass is 10.1. The fourth-order valence-electron chi connectivity index (χ4n) is 1.55. The molecule has 0 radical (unpaired) electrons. The summed E-state index contributed by atoms with van der Waals surface area (Å²) in [6, 6.07) is 5.43. The molecule has 0 aliphatic carbocycles. The summed E-state index contributed by atoms with van der Waals surface area (Å²) in [5.41, 5.74) is -0.131. The van der Waals surface area contributed by atoms with Crippen molar-refractivity contribution in [3.05, 3.63) is 35.8 Å². The van der Waals surface area contributed by atoms with Crippen LogP contribution in [-0.4, -0.2) is 29.0 Å². The summed E-state index contributed by atoms with van der Waals surface area (Å²) in [5, 5.41) is 8.94. The molecule has 0 amide bonds. The number of pyridine rings is 1. The minimum Gasteiger partial charge on any atom is -0.347 e. The molecule has 0 aliphatic heterocycles. The van der Waals surface area contributed by atoms with E-state index in [2.05, 4.69) is 15.0 Å². The van der Waals surface area contributed by atoms with Crippen LogP contribution in [0.4, 0.5) is 19.1 Å². The SMILES string of the molecule is CN(C)c1nc(C#N)cc(-c2ccc(C(F)(F)F)nc2)n1. The maximum atomic E-state index is 12.5. The molecule has 0 saturated carbocycles. The van der Waals surface area contributed by atoms with Crippen LogP contribution in [0.15, 0.2) is 24.4 Å². The molecule has 108 valence electrons. The summed E-state index contributed by atoms with van der Waals surface area (Å²) in [4.78, 5) is 13.1. The second-order valence-corrected chi connectivity index (χ2v) is 4.37. The lowest BCUT2D eigenvalue weighted by molar-refractivity contribution is -0.141. The first-order valence-electron chi connectivity index (χ1n) is 5.81. The second-order valence-electron chi connectivity index (χ2n) is 4.37. The predicted molar refractivity (Wildman–Crippen MR) is 69.3 cm³/mol. The van der Waals surface area contributed by atoms with Crippen molar-refractivity contribution in [1.82, 2.24) is 15.0 Å². The number of hydrogen-bond acceptors (Lipinski definition) is 5.